The van der Waals surface area contributed by atoms with E-state index in [0.29, 0.717) is 0 Å². The zero-order chi connectivity index (χ0) is 11.8. The minimum Gasteiger partial charge on any atom is -0.384 e. The molecule has 17 heavy (non-hydrogen) atoms. The Kier molecular flexibility index (Phi) is 2.56. The average Bonchev–Trinajstić information content (AvgIpc) is 2.79. The van der Waals surface area contributed by atoms with Crippen LogP contribution in [0.5, 0.6) is 0 Å². The van der Waals surface area contributed by atoms with Crippen LogP contribution in [0.1, 0.15) is 11.1 Å². The molecule has 2 aromatic rings. The van der Waals surface area contributed by atoms with E-state index >= 15 is 0 Å². The maximum absolute atomic E-state index is 6.07. The maximum Gasteiger partial charge on any atom is 0.0412 e. The lowest BCUT2D eigenvalue weighted by atomic mass is 9.99. The smallest absolute Gasteiger partial charge is 0.0412 e. The fraction of sp³-hybridized carbons (Fsp3) is 0.200. The highest BCUT2D eigenvalue weighted by Crippen LogP contribution is 2.31. The van der Waals surface area contributed by atoms with Gasteiger partial charge in [0.15, 0.2) is 0 Å². The van der Waals surface area contributed by atoms with Gasteiger partial charge in [0.2, 0.25) is 0 Å². The predicted octanol–water partition coefficient (Wildman–Crippen LogP) is 4.28. The molecule has 2 aromatic carbocycles. The van der Waals surface area contributed by atoms with Crippen molar-refractivity contribution >= 4 is 17.3 Å². The van der Waals surface area contributed by atoms with Gasteiger partial charge in [0.25, 0.3) is 0 Å². The van der Waals surface area contributed by atoms with Gasteiger partial charge < -0.3 is 5.32 Å². The second-order valence-electron chi connectivity index (χ2n) is 4.51. The molecule has 0 unspecified atom stereocenters. The fourth-order valence-corrected chi connectivity index (χ4v) is 2.54. The van der Waals surface area contributed by atoms with E-state index in [1.807, 2.05) is 12.1 Å². The van der Waals surface area contributed by atoms with Crippen LogP contribution >= 0.6 is 11.6 Å². The standard InChI is InChI=1S/C15H14ClN/c1-10-2-5-13(16)9-14(10)12-4-3-11-6-7-17-15(11)8-12/h2-5,8-9,17H,6-7H2,1H3. The topological polar surface area (TPSA) is 12.0 Å². The lowest BCUT2D eigenvalue weighted by Gasteiger charge is -2.09. The van der Waals surface area contributed by atoms with Gasteiger partial charge in [-0.15, -0.1) is 0 Å². The van der Waals surface area contributed by atoms with Gasteiger partial charge in [-0.1, -0.05) is 29.8 Å². The van der Waals surface area contributed by atoms with Gasteiger partial charge in [-0.2, -0.15) is 0 Å². The van der Waals surface area contributed by atoms with E-state index < -0.39 is 0 Å². The van der Waals surface area contributed by atoms with E-state index in [2.05, 4.69) is 36.5 Å². The van der Waals surface area contributed by atoms with E-state index in [4.69, 9.17) is 11.6 Å². The number of halogens is 1. The summed E-state index contributed by atoms with van der Waals surface area (Å²) in [6.07, 6.45) is 1.13. The van der Waals surface area contributed by atoms with Gasteiger partial charge in [0.1, 0.15) is 0 Å². The number of benzene rings is 2. The Bertz CT molecular complexity index is 575. The molecule has 1 heterocycles. The van der Waals surface area contributed by atoms with Crippen LogP contribution in [0.3, 0.4) is 0 Å². The molecule has 1 N–H and O–H groups in total. The van der Waals surface area contributed by atoms with Crippen molar-refractivity contribution in [2.75, 3.05) is 11.9 Å². The molecule has 0 atom stereocenters. The van der Waals surface area contributed by atoms with Crippen LogP contribution in [-0.2, 0) is 6.42 Å². The molecule has 1 nitrogen and oxygen atoms in total. The first-order valence-electron chi connectivity index (χ1n) is 5.87. The van der Waals surface area contributed by atoms with E-state index in [-0.39, 0.29) is 0 Å². The van der Waals surface area contributed by atoms with Crippen LogP contribution in [0, 0.1) is 6.92 Å². The van der Waals surface area contributed by atoms with Crippen LogP contribution in [-0.4, -0.2) is 6.54 Å². The van der Waals surface area contributed by atoms with Crippen LogP contribution in [0.4, 0.5) is 5.69 Å². The quantitative estimate of drug-likeness (QED) is 0.788. The number of hydrogen-bond donors (Lipinski definition) is 1. The Morgan fingerprint density at radius 2 is 2.00 bits per heavy atom. The Morgan fingerprint density at radius 3 is 2.88 bits per heavy atom. The first-order valence-corrected chi connectivity index (χ1v) is 6.25. The molecule has 0 aliphatic carbocycles. The molecule has 0 radical (unpaired) electrons. The Labute approximate surface area is 106 Å². The molecule has 0 spiro atoms. The van der Waals surface area contributed by atoms with Crippen molar-refractivity contribution in [2.45, 2.75) is 13.3 Å². The average molecular weight is 244 g/mol. The van der Waals surface area contributed by atoms with Crippen LogP contribution in [0.15, 0.2) is 36.4 Å². The molecular weight excluding hydrogens is 230 g/mol. The molecule has 0 amide bonds. The summed E-state index contributed by atoms with van der Waals surface area (Å²) in [5.41, 5.74) is 6.38. The zero-order valence-corrected chi connectivity index (χ0v) is 10.5. The normalized spacial score (nSPS) is 13.3. The Balaban J connectivity index is 2.12. The minimum absolute atomic E-state index is 0.791. The highest BCUT2D eigenvalue weighted by molar-refractivity contribution is 6.30. The SMILES string of the molecule is Cc1ccc(Cl)cc1-c1ccc2c(c1)NCC2. The van der Waals surface area contributed by atoms with Gasteiger partial charge >= 0.3 is 0 Å². The van der Waals surface area contributed by atoms with Crippen molar-refractivity contribution in [1.29, 1.82) is 0 Å². The molecule has 0 fully saturated rings. The van der Waals surface area contributed by atoms with Crippen molar-refractivity contribution in [3.8, 4) is 11.1 Å². The lowest BCUT2D eigenvalue weighted by molar-refractivity contribution is 1.11. The number of fused-ring (bicyclic) bond motifs is 1. The van der Waals surface area contributed by atoms with Crippen LogP contribution < -0.4 is 5.32 Å². The second kappa shape index (κ2) is 4.08. The molecule has 1 aliphatic heterocycles. The highest BCUT2D eigenvalue weighted by Gasteiger charge is 2.11. The minimum atomic E-state index is 0.791. The van der Waals surface area contributed by atoms with E-state index in [0.717, 1.165) is 18.0 Å². The summed E-state index contributed by atoms with van der Waals surface area (Å²) in [6, 6.07) is 12.7. The molecule has 3 rings (SSSR count). The van der Waals surface area contributed by atoms with Gasteiger partial charge in [-0.05, 0) is 53.8 Å². The molecule has 1 aliphatic rings. The van der Waals surface area contributed by atoms with Crippen molar-refractivity contribution in [1.82, 2.24) is 0 Å². The van der Waals surface area contributed by atoms with Gasteiger partial charge in [-0.25, -0.2) is 0 Å². The van der Waals surface area contributed by atoms with Crippen LogP contribution in [0.2, 0.25) is 5.02 Å². The molecule has 0 saturated heterocycles. The summed E-state index contributed by atoms with van der Waals surface area (Å²) in [6.45, 7) is 3.17. The van der Waals surface area contributed by atoms with Crippen LogP contribution in [0.25, 0.3) is 11.1 Å². The van der Waals surface area contributed by atoms with Gasteiger partial charge in [0, 0.05) is 17.3 Å². The van der Waals surface area contributed by atoms with Gasteiger partial charge in [-0.3, -0.25) is 0 Å². The third-order valence-corrected chi connectivity index (χ3v) is 3.57. The number of nitrogens with one attached hydrogen (secondary N) is 1. The van der Waals surface area contributed by atoms with E-state index in [9.17, 15) is 0 Å². The summed E-state index contributed by atoms with van der Waals surface area (Å²) >= 11 is 6.07. The first-order chi connectivity index (χ1) is 8.24. The van der Waals surface area contributed by atoms with Crippen molar-refractivity contribution in [3.63, 3.8) is 0 Å². The predicted molar refractivity (Wildman–Crippen MR) is 73.8 cm³/mol. The molecule has 2 heteroatoms. The maximum atomic E-state index is 6.07. The lowest BCUT2D eigenvalue weighted by Crippen LogP contribution is -1.91. The van der Waals surface area contributed by atoms with Gasteiger partial charge in [0.05, 0.1) is 0 Å². The number of hydrogen-bond acceptors (Lipinski definition) is 1. The molecule has 0 saturated carbocycles. The van der Waals surface area contributed by atoms with Crippen molar-refractivity contribution < 1.29 is 0 Å². The summed E-state index contributed by atoms with van der Waals surface area (Å²) in [5.74, 6) is 0. The summed E-state index contributed by atoms with van der Waals surface area (Å²) in [4.78, 5) is 0. The van der Waals surface area contributed by atoms with E-state index in [1.165, 1.54) is 27.9 Å². The monoisotopic (exact) mass is 243 g/mol. The summed E-state index contributed by atoms with van der Waals surface area (Å²) in [5, 5.41) is 4.20. The number of rotatable bonds is 1. The molecule has 86 valence electrons. The first kappa shape index (κ1) is 10.7. The Hall–Kier alpha value is -1.47. The zero-order valence-electron chi connectivity index (χ0n) is 9.76. The number of aryl methyl sites for hydroxylation is 1. The fourth-order valence-electron chi connectivity index (χ4n) is 2.36. The van der Waals surface area contributed by atoms with Crippen molar-refractivity contribution in [2.24, 2.45) is 0 Å². The number of anilines is 1. The summed E-state index contributed by atoms with van der Waals surface area (Å²) < 4.78 is 0. The third kappa shape index (κ3) is 1.91. The summed E-state index contributed by atoms with van der Waals surface area (Å²) in [7, 11) is 0. The Morgan fingerprint density at radius 1 is 1.12 bits per heavy atom. The van der Waals surface area contributed by atoms with E-state index in [1.54, 1.807) is 0 Å². The molecular formula is C15H14ClN. The van der Waals surface area contributed by atoms with Crippen molar-refractivity contribution in [3.05, 3.63) is 52.5 Å². The molecule has 0 bridgehead atoms. The largest absolute Gasteiger partial charge is 0.384 e. The third-order valence-electron chi connectivity index (χ3n) is 3.33. The highest BCUT2D eigenvalue weighted by atomic mass is 35.5. The second-order valence-corrected chi connectivity index (χ2v) is 4.94. The molecule has 0 aromatic heterocycles.